The molecule has 0 saturated carbocycles. The highest BCUT2D eigenvalue weighted by Gasteiger charge is 2.34. The Morgan fingerprint density at radius 3 is 2.13 bits per heavy atom. The predicted octanol–water partition coefficient (Wildman–Crippen LogP) is 5.19. The molecule has 38 heavy (non-hydrogen) atoms. The predicted molar refractivity (Wildman–Crippen MR) is 152 cm³/mol. The lowest BCUT2D eigenvalue weighted by atomic mass is 10.0. The lowest BCUT2D eigenvalue weighted by molar-refractivity contribution is -0.120. The van der Waals surface area contributed by atoms with Crippen LogP contribution < -0.4 is 15.5 Å². The van der Waals surface area contributed by atoms with E-state index in [1.807, 2.05) is 42.5 Å². The van der Waals surface area contributed by atoms with E-state index in [1.165, 1.54) is 24.3 Å². The fourth-order valence-electron chi connectivity index (χ4n) is 4.06. The molecule has 0 bridgehead atoms. The Bertz CT molecular complexity index is 1460. The normalized spacial score (nSPS) is 16.9. The van der Waals surface area contributed by atoms with Crippen molar-refractivity contribution >= 4 is 56.4 Å². The fourth-order valence-corrected chi connectivity index (χ4v) is 5.35. The largest absolute Gasteiger partial charge is 0.368 e. The molecular weight excluding hydrogens is 545 g/mol. The summed E-state index contributed by atoms with van der Waals surface area (Å²) in [5.41, 5.74) is 7.71. The Morgan fingerprint density at radius 1 is 1.00 bits per heavy atom. The number of nitrogens with two attached hydrogens (primary N) is 1. The number of anilines is 1. The fraction of sp³-hybridized carbons (Fsp3) is 0.222. The molecule has 0 spiro atoms. The van der Waals surface area contributed by atoms with Crippen molar-refractivity contribution in [3.63, 3.8) is 0 Å². The van der Waals surface area contributed by atoms with Crippen LogP contribution in [0.5, 0.6) is 0 Å². The lowest BCUT2D eigenvalue weighted by Gasteiger charge is -2.24. The number of hydrogen-bond donors (Lipinski definition) is 2. The molecule has 1 aliphatic rings. The zero-order chi connectivity index (χ0) is 27.4. The summed E-state index contributed by atoms with van der Waals surface area (Å²) in [5.74, 6) is -0.993. The molecule has 0 unspecified atom stereocenters. The summed E-state index contributed by atoms with van der Waals surface area (Å²) >= 11 is 12.1. The van der Waals surface area contributed by atoms with E-state index in [4.69, 9.17) is 34.0 Å². The van der Waals surface area contributed by atoms with E-state index in [0.29, 0.717) is 22.2 Å². The maximum absolute atomic E-state index is 13.3. The van der Waals surface area contributed by atoms with Gasteiger partial charge in [-0.3, -0.25) is 19.5 Å². The van der Waals surface area contributed by atoms with Crippen LogP contribution in [0.25, 0.3) is 0 Å². The Hall–Kier alpha value is -3.40. The van der Waals surface area contributed by atoms with E-state index in [9.17, 15) is 13.2 Å². The third-order valence-corrected chi connectivity index (χ3v) is 7.86. The summed E-state index contributed by atoms with van der Waals surface area (Å²) in [5, 5.41) is 7.55. The zero-order valence-electron chi connectivity index (χ0n) is 20.8. The van der Waals surface area contributed by atoms with Gasteiger partial charge in [-0.2, -0.15) is 5.10 Å². The molecule has 1 heterocycles. The van der Waals surface area contributed by atoms with Crippen LogP contribution in [-0.2, 0) is 14.8 Å². The molecule has 3 aromatic rings. The van der Waals surface area contributed by atoms with Crippen LogP contribution >= 0.6 is 23.2 Å². The highest BCUT2D eigenvalue weighted by molar-refractivity contribution is 7.90. The number of nitrogens with zero attached hydrogens (tertiary/aromatic N) is 3. The van der Waals surface area contributed by atoms with Crippen molar-refractivity contribution in [1.82, 2.24) is 4.72 Å². The molecule has 1 amide bonds. The Morgan fingerprint density at radius 2 is 1.58 bits per heavy atom. The number of carbonyl (C=O) groups is 1. The van der Waals surface area contributed by atoms with Gasteiger partial charge >= 0.3 is 0 Å². The molecular formula is C27H27Cl2N5O3S. The number of carbonyl (C=O) groups excluding carboxylic acids is 1. The Balaban J connectivity index is 1.81. The van der Waals surface area contributed by atoms with Gasteiger partial charge in [-0.15, -0.1) is 0 Å². The number of hydrazone groups is 1. The lowest BCUT2D eigenvalue weighted by Crippen LogP contribution is -2.40. The summed E-state index contributed by atoms with van der Waals surface area (Å²) in [6.45, 7) is 3.57. The molecule has 3 aromatic carbocycles. The number of sulfonamides is 1. The van der Waals surface area contributed by atoms with Gasteiger partial charge < -0.3 is 5.73 Å². The standard InChI is InChI=1S/C27H27Cl2N5O3S/c1-17(2)25(26(30)35)31-27(33-38(36,37)22-14-10-20(29)11-15-22)23-16-24(18-6-4-3-5-7-18)34(32-23)21-12-8-19(28)9-13-21/h3-15,17,24-25H,16H2,1-2H3,(H2,30,35)(H,31,33)/t24-,25+/m1/s1. The molecule has 0 aromatic heterocycles. The number of amidine groups is 1. The number of rotatable bonds is 8. The molecule has 4 rings (SSSR count). The van der Waals surface area contributed by atoms with Gasteiger partial charge in [0.05, 0.1) is 16.6 Å². The second kappa shape index (κ2) is 11.6. The van der Waals surface area contributed by atoms with Gasteiger partial charge in [0.2, 0.25) is 5.91 Å². The number of halogens is 2. The molecule has 3 N–H and O–H groups in total. The van der Waals surface area contributed by atoms with Gasteiger partial charge in [-0.25, -0.2) is 8.42 Å². The number of hydrogen-bond acceptors (Lipinski definition) is 6. The minimum absolute atomic E-state index is 0.0115. The third kappa shape index (κ3) is 6.35. The first-order valence-electron chi connectivity index (χ1n) is 11.9. The van der Waals surface area contributed by atoms with E-state index in [2.05, 4.69) is 9.71 Å². The molecule has 0 fully saturated rings. The van der Waals surface area contributed by atoms with Crippen molar-refractivity contribution in [1.29, 1.82) is 0 Å². The van der Waals surface area contributed by atoms with Crippen molar-refractivity contribution in [2.24, 2.45) is 21.7 Å². The Kier molecular flexibility index (Phi) is 8.40. The summed E-state index contributed by atoms with van der Waals surface area (Å²) in [4.78, 5) is 16.7. The highest BCUT2D eigenvalue weighted by atomic mass is 35.5. The minimum Gasteiger partial charge on any atom is -0.368 e. The summed E-state index contributed by atoms with van der Waals surface area (Å²) in [7, 11) is -4.09. The SMILES string of the molecule is CC(C)[C@H](N=C(NS(=O)(=O)c1ccc(Cl)cc1)C1=NN(c2ccc(Cl)cc2)[C@@H](c2ccccc2)C1)C(N)=O. The average molecular weight is 573 g/mol. The number of primary amides is 1. The number of nitrogens with one attached hydrogen (secondary N) is 1. The third-order valence-electron chi connectivity index (χ3n) is 6.01. The molecule has 2 atom stereocenters. The first-order valence-corrected chi connectivity index (χ1v) is 14.1. The Labute approximate surface area is 232 Å². The maximum atomic E-state index is 13.3. The maximum Gasteiger partial charge on any atom is 0.263 e. The molecule has 0 aliphatic carbocycles. The van der Waals surface area contributed by atoms with Crippen LogP contribution in [-0.4, -0.2) is 31.9 Å². The van der Waals surface area contributed by atoms with E-state index in [1.54, 1.807) is 31.0 Å². The molecule has 0 radical (unpaired) electrons. The van der Waals surface area contributed by atoms with Crippen molar-refractivity contribution in [2.75, 3.05) is 5.01 Å². The van der Waals surface area contributed by atoms with Crippen molar-refractivity contribution in [3.8, 4) is 0 Å². The van der Waals surface area contributed by atoms with Crippen LogP contribution in [0.15, 0.2) is 93.9 Å². The quantitative estimate of drug-likeness (QED) is 0.286. The van der Waals surface area contributed by atoms with Crippen LogP contribution in [0.4, 0.5) is 5.69 Å². The minimum atomic E-state index is -4.09. The van der Waals surface area contributed by atoms with Crippen LogP contribution in [0.3, 0.4) is 0 Å². The van der Waals surface area contributed by atoms with Gasteiger partial charge in [-0.1, -0.05) is 67.4 Å². The van der Waals surface area contributed by atoms with Crippen LogP contribution in [0.2, 0.25) is 10.0 Å². The first-order chi connectivity index (χ1) is 18.0. The number of amides is 1. The van der Waals surface area contributed by atoms with E-state index in [-0.39, 0.29) is 22.7 Å². The molecule has 0 saturated heterocycles. The second-order valence-electron chi connectivity index (χ2n) is 9.13. The first kappa shape index (κ1) is 27.6. The van der Waals surface area contributed by atoms with Crippen LogP contribution in [0.1, 0.15) is 31.9 Å². The van der Waals surface area contributed by atoms with E-state index >= 15 is 0 Å². The number of aliphatic imine (C=N–C) groups is 1. The van der Waals surface area contributed by atoms with Gasteiger partial charge in [0.15, 0.2) is 5.84 Å². The second-order valence-corrected chi connectivity index (χ2v) is 11.7. The summed E-state index contributed by atoms with van der Waals surface area (Å²) in [6, 6.07) is 21.4. The summed E-state index contributed by atoms with van der Waals surface area (Å²) < 4.78 is 29.2. The van der Waals surface area contributed by atoms with E-state index in [0.717, 1.165) is 11.3 Å². The van der Waals surface area contributed by atoms with Crippen molar-refractivity contribution < 1.29 is 13.2 Å². The van der Waals surface area contributed by atoms with Crippen LogP contribution in [0, 0.1) is 5.92 Å². The van der Waals surface area contributed by atoms with Gasteiger partial charge in [-0.05, 0) is 60.0 Å². The van der Waals surface area contributed by atoms with Gasteiger partial charge in [0.25, 0.3) is 10.0 Å². The topological polar surface area (TPSA) is 117 Å². The van der Waals surface area contributed by atoms with Crippen molar-refractivity contribution in [3.05, 3.63) is 94.5 Å². The number of benzene rings is 3. The zero-order valence-corrected chi connectivity index (χ0v) is 23.1. The van der Waals surface area contributed by atoms with Gasteiger partial charge in [0.1, 0.15) is 11.8 Å². The highest BCUT2D eigenvalue weighted by Crippen LogP contribution is 2.36. The molecule has 1 aliphatic heterocycles. The smallest absolute Gasteiger partial charge is 0.263 e. The molecule has 11 heteroatoms. The van der Waals surface area contributed by atoms with E-state index < -0.39 is 22.0 Å². The average Bonchev–Trinajstić information content (AvgIpc) is 3.33. The van der Waals surface area contributed by atoms with Gasteiger partial charge in [0, 0.05) is 16.5 Å². The molecule has 8 nitrogen and oxygen atoms in total. The summed E-state index contributed by atoms with van der Waals surface area (Å²) in [6.07, 6.45) is 0.318. The monoisotopic (exact) mass is 571 g/mol. The molecule has 198 valence electrons. The van der Waals surface area contributed by atoms with Crippen molar-refractivity contribution in [2.45, 2.75) is 37.2 Å².